The maximum atomic E-state index is 10.4. The summed E-state index contributed by atoms with van der Waals surface area (Å²) in [5.74, 6) is -1.06. The summed E-state index contributed by atoms with van der Waals surface area (Å²) in [6.07, 6.45) is 1.46. The number of halogens is 2. The molecule has 0 amide bonds. The molecule has 0 heterocycles. The molecular weight excluding hydrogens is 277 g/mol. The van der Waals surface area contributed by atoms with Crippen LogP contribution in [-0.2, 0) is 16.2 Å². The molecule has 0 aliphatic carbocycles. The monoisotopic (exact) mass is 289 g/mol. The largest absolute Gasteiger partial charge is 0.481 e. The van der Waals surface area contributed by atoms with Crippen LogP contribution >= 0.6 is 23.2 Å². The highest BCUT2D eigenvalue weighted by Crippen LogP contribution is 2.24. The minimum atomic E-state index is -0.872. The van der Waals surface area contributed by atoms with Crippen molar-refractivity contribution >= 4 is 35.4 Å². The fourth-order valence-electron chi connectivity index (χ4n) is 1.25. The Morgan fingerprint density at radius 2 is 2.11 bits per heavy atom. The number of rotatable bonds is 6. The summed E-state index contributed by atoms with van der Waals surface area (Å²) in [7, 11) is 0. The van der Waals surface area contributed by atoms with Gasteiger partial charge in [0.15, 0.2) is 0 Å². The van der Waals surface area contributed by atoms with Crippen molar-refractivity contribution in [2.45, 2.75) is 20.0 Å². The Morgan fingerprint density at radius 1 is 1.50 bits per heavy atom. The van der Waals surface area contributed by atoms with Crippen LogP contribution in [0.3, 0.4) is 0 Å². The highest BCUT2D eigenvalue weighted by molar-refractivity contribution is 6.35. The zero-order valence-corrected chi connectivity index (χ0v) is 11.3. The number of aliphatic carboxylic acids is 1. The number of carboxylic acid groups (broad SMARTS) is 1. The van der Waals surface area contributed by atoms with Crippen molar-refractivity contribution in [3.05, 3.63) is 33.8 Å². The normalized spacial score (nSPS) is 12.6. The standard InChI is InChI=1S/C12H13Cl2NO3/c1-8(5-12(16)17)6-15-18-7-9-10(13)3-2-4-11(9)14/h2-4,6,8H,5,7H2,1H3,(H,16,17)/b15-6+/t8-/m0/s1. The van der Waals surface area contributed by atoms with Crippen LogP contribution < -0.4 is 0 Å². The van der Waals surface area contributed by atoms with Crippen LogP contribution in [0.1, 0.15) is 18.9 Å². The molecule has 0 spiro atoms. The summed E-state index contributed by atoms with van der Waals surface area (Å²) in [6, 6.07) is 5.16. The van der Waals surface area contributed by atoms with Gasteiger partial charge in [-0.1, -0.05) is 41.3 Å². The third-order valence-corrected chi connectivity index (χ3v) is 2.87. The molecule has 0 unspecified atom stereocenters. The van der Waals surface area contributed by atoms with Gasteiger partial charge in [-0.25, -0.2) is 0 Å². The van der Waals surface area contributed by atoms with Crippen LogP contribution in [0.5, 0.6) is 0 Å². The van der Waals surface area contributed by atoms with Gasteiger partial charge in [-0.05, 0) is 12.1 Å². The highest BCUT2D eigenvalue weighted by atomic mass is 35.5. The van der Waals surface area contributed by atoms with Crippen molar-refractivity contribution < 1.29 is 14.7 Å². The first-order valence-electron chi connectivity index (χ1n) is 5.31. The average Bonchev–Trinajstić information content (AvgIpc) is 2.26. The Bertz CT molecular complexity index is 429. The van der Waals surface area contributed by atoms with E-state index in [0.717, 1.165) is 0 Å². The molecule has 0 aromatic heterocycles. The van der Waals surface area contributed by atoms with Gasteiger partial charge in [-0.2, -0.15) is 0 Å². The number of carboxylic acids is 1. The Balaban J connectivity index is 2.46. The Kier molecular flexibility index (Phi) is 5.95. The van der Waals surface area contributed by atoms with E-state index in [4.69, 9.17) is 33.1 Å². The molecule has 1 aromatic carbocycles. The molecule has 0 saturated carbocycles. The van der Waals surface area contributed by atoms with Gasteiger partial charge < -0.3 is 9.94 Å². The van der Waals surface area contributed by atoms with Crippen molar-refractivity contribution in [2.24, 2.45) is 11.1 Å². The summed E-state index contributed by atoms with van der Waals surface area (Å²) in [4.78, 5) is 15.5. The molecule has 0 aliphatic heterocycles. The number of carbonyl (C=O) groups is 1. The van der Waals surface area contributed by atoms with Crippen LogP contribution in [0.15, 0.2) is 23.4 Å². The first-order chi connectivity index (χ1) is 8.50. The summed E-state index contributed by atoms with van der Waals surface area (Å²) in [5, 5.41) is 13.3. The van der Waals surface area contributed by atoms with Crippen LogP contribution in [0.4, 0.5) is 0 Å². The number of benzene rings is 1. The molecule has 0 aliphatic rings. The van der Waals surface area contributed by atoms with Gasteiger partial charge >= 0.3 is 5.97 Å². The van der Waals surface area contributed by atoms with Gasteiger partial charge in [0, 0.05) is 27.7 Å². The summed E-state index contributed by atoms with van der Waals surface area (Å²) >= 11 is 11.9. The van der Waals surface area contributed by atoms with Crippen LogP contribution in [0.25, 0.3) is 0 Å². The van der Waals surface area contributed by atoms with Gasteiger partial charge in [0.1, 0.15) is 6.61 Å². The lowest BCUT2D eigenvalue weighted by Gasteiger charge is -2.05. The zero-order valence-electron chi connectivity index (χ0n) is 9.77. The molecule has 1 N–H and O–H groups in total. The molecule has 6 heteroatoms. The lowest BCUT2D eigenvalue weighted by molar-refractivity contribution is -0.137. The van der Waals surface area contributed by atoms with Gasteiger partial charge in [-0.15, -0.1) is 0 Å². The fourth-order valence-corrected chi connectivity index (χ4v) is 1.75. The van der Waals surface area contributed by atoms with Crippen molar-refractivity contribution in [1.82, 2.24) is 0 Å². The minimum absolute atomic E-state index is 0.0136. The molecule has 1 aromatic rings. The molecule has 0 bridgehead atoms. The third-order valence-electron chi connectivity index (χ3n) is 2.16. The summed E-state index contributed by atoms with van der Waals surface area (Å²) < 4.78 is 0. The van der Waals surface area contributed by atoms with Gasteiger partial charge in [-0.3, -0.25) is 4.79 Å². The number of hydrogen-bond acceptors (Lipinski definition) is 3. The van der Waals surface area contributed by atoms with E-state index in [1.807, 2.05) is 0 Å². The predicted molar refractivity (Wildman–Crippen MR) is 71.2 cm³/mol. The van der Waals surface area contributed by atoms with E-state index in [2.05, 4.69) is 5.16 Å². The summed E-state index contributed by atoms with van der Waals surface area (Å²) in [6.45, 7) is 1.89. The first-order valence-corrected chi connectivity index (χ1v) is 6.06. The fraction of sp³-hybridized carbons (Fsp3) is 0.333. The van der Waals surface area contributed by atoms with E-state index < -0.39 is 5.97 Å². The van der Waals surface area contributed by atoms with Crippen molar-refractivity contribution in [3.63, 3.8) is 0 Å². The Hall–Kier alpha value is -1.26. The molecule has 4 nitrogen and oxygen atoms in total. The Labute approximate surface area is 115 Å². The second-order valence-corrected chi connectivity index (χ2v) is 4.62. The quantitative estimate of drug-likeness (QED) is 0.643. The van der Waals surface area contributed by atoms with E-state index in [1.165, 1.54) is 6.21 Å². The third kappa shape index (κ3) is 4.94. The van der Waals surface area contributed by atoms with Crippen LogP contribution in [-0.4, -0.2) is 17.3 Å². The van der Waals surface area contributed by atoms with Crippen molar-refractivity contribution in [3.8, 4) is 0 Å². The molecular formula is C12H13Cl2NO3. The molecule has 0 radical (unpaired) electrons. The topological polar surface area (TPSA) is 58.9 Å². The van der Waals surface area contributed by atoms with E-state index in [0.29, 0.717) is 15.6 Å². The van der Waals surface area contributed by atoms with E-state index in [1.54, 1.807) is 25.1 Å². The zero-order chi connectivity index (χ0) is 13.5. The maximum Gasteiger partial charge on any atom is 0.303 e. The Morgan fingerprint density at radius 3 is 2.67 bits per heavy atom. The van der Waals surface area contributed by atoms with Crippen molar-refractivity contribution in [1.29, 1.82) is 0 Å². The highest BCUT2D eigenvalue weighted by Gasteiger charge is 2.06. The van der Waals surface area contributed by atoms with Gasteiger partial charge in [0.2, 0.25) is 0 Å². The molecule has 0 saturated heterocycles. The van der Waals surface area contributed by atoms with E-state index in [-0.39, 0.29) is 18.9 Å². The lowest BCUT2D eigenvalue weighted by Crippen LogP contribution is -2.05. The maximum absolute atomic E-state index is 10.4. The van der Waals surface area contributed by atoms with E-state index >= 15 is 0 Å². The van der Waals surface area contributed by atoms with Gasteiger partial charge in [0.05, 0.1) is 6.42 Å². The molecule has 98 valence electrons. The van der Waals surface area contributed by atoms with Crippen LogP contribution in [0.2, 0.25) is 10.0 Å². The SMILES string of the molecule is C[C@H](/C=N/OCc1c(Cl)cccc1Cl)CC(=O)O. The molecule has 0 fully saturated rings. The second kappa shape index (κ2) is 7.24. The average molecular weight is 290 g/mol. The van der Waals surface area contributed by atoms with Crippen LogP contribution in [0, 0.1) is 5.92 Å². The lowest BCUT2D eigenvalue weighted by atomic mass is 10.1. The smallest absolute Gasteiger partial charge is 0.303 e. The number of nitrogens with zero attached hydrogens (tertiary/aromatic N) is 1. The molecule has 18 heavy (non-hydrogen) atoms. The van der Waals surface area contributed by atoms with Crippen molar-refractivity contribution in [2.75, 3.05) is 0 Å². The second-order valence-electron chi connectivity index (χ2n) is 3.80. The van der Waals surface area contributed by atoms with E-state index in [9.17, 15) is 4.79 Å². The predicted octanol–water partition coefficient (Wildman–Crippen LogP) is 3.61. The summed E-state index contributed by atoms with van der Waals surface area (Å²) in [5.41, 5.74) is 0.656. The molecule has 1 atom stereocenters. The number of oxime groups is 1. The van der Waals surface area contributed by atoms with Gasteiger partial charge in [0.25, 0.3) is 0 Å². The first kappa shape index (κ1) is 14.8. The number of hydrogen-bond donors (Lipinski definition) is 1. The minimum Gasteiger partial charge on any atom is -0.481 e. The molecule has 1 rings (SSSR count).